The van der Waals surface area contributed by atoms with Crippen molar-refractivity contribution in [3.8, 4) is 0 Å². The van der Waals surface area contributed by atoms with Gasteiger partial charge in [-0.2, -0.15) is 0 Å². The molecule has 0 saturated carbocycles. The van der Waals surface area contributed by atoms with Crippen molar-refractivity contribution in [1.29, 1.82) is 0 Å². The van der Waals surface area contributed by atoms with E-state index in [4.69, 9.17) is 9.47 Å². The highest BCUT2D eigenvalue weighted by Crippen LogP contribution is 1.99. The van der Waals surface area contributed by atoms with Crippen LogP contribution < -0.4 is 0 Å². The molecular weight excluding hydrogens is 128 g/mol. The highest BCUT2D eigenvalue weighted by Gasteiger charge is 1.95. The topological polar surface area (TPSA) is 18.5 Å². The van der Waals surface area contributed by atoms with Crippen LogP contribution in [0.4, 0.5) is 0 Å². The lowest BCUT2D eigenvalue weighted by Gasteiger charge is -2.07. The van der Waals surface area contributed by atoms with Crippen LogP contribution in [0.5, 0.6) is 0 Å². The molecule has 0 spiro atoms. The van der Waals surface area contributed by atoms with Crippen LogP contribution >= 0.6 is 0 Å². The van der Waals surface area contributed by atoms with Gasteiger partial charge in [0.1, 0.15) is 0 Å². The van der Waals surface area contributed by atoms with Crippen molar-refractivity contribution >= 4 is 0 Å². The molecule has 2 heteroatoms. The first-order valence-electron chi connectivity index (χ1n) is 3.54. The number of rotatable bonds is 4. The lowest BCUT2D eigenvalue weighted by Crippen LogP contribution is -2.04. The summed E-state index contributed by atoms with van der Waals surface area (Å²) in [6.07, 6.45) is 2.11. The third-order valence-corrected chi connectivity index (χ3v) is 1.22. The fourth-order valence-electron chi connectivity index (χ4n) is 0.710. The molecule has 60 valence electrons. The summed E-state index contributed by atoms with van der Waals surface area (Å²) in [6.45, 7) is 6.63. The third-order valence-electron chi connectivity index (χ3n) is 1.22. The zero-order chi connectivity index (χ0) is 7.98. The van der Waals surface area contributed by atoms with Gasteiger partial charge in [0.15, 0.2) is 0 Å². The van der Waals surface area contributed by atoms with Gasteiger partial charge in [-0.15, -0.1) is 0 Å². The zero-order valence-corrected chi connectivity index (χ0v) is 7.18. The van der Waals surface area contributed by atoms with E-state index < -0.39 is 0 Å². The van der Waals surface area contributed by atoms with Crippen molar-refractivity contribution < 1.29 is 9.47 Å². The quantitative estimate of drug-likeness (QED) is 0.561. The second-order valence-electron chi connectivity index (χ2n) is 2.14. The molecule has 0 amide bonds. The molecule has 0 fully saturated rings. The van der Waals surface area contributed by atoms with E-state index in [1.807, 2.05) is 26.8 Å². The van der Waals surface area contributed by atoms with E-state index in [1.165, 1.54) is 0 Å². The molecule has 0 heterocycles. The van der Waals surface area contributed by atoms with Gasteiger partial charge >= 0.3 is 0 Å². The second-order valence-corrected chi connectivity index (χ2v) is 2.14. The maximum atomic E-state index is 5.26. The maximum absolute atomic E-state index is 5.26. The van der Waals surface area contributed by atoms with E-state index in [0.717, 1.165) is 12.4 Å². The molecule has 0 aromatic rings. The van der Waals surface area contributed by atoms with E-state index in [1.54, 1.807) is 7.11 Å². The Hall–Kier alpha value is -0.500. The molecule has 0 aliphatic rings. The van der Waals surface area contributed by atoms with Crippen LogP contribution in [0, 0.1) is 0 Å². The normalized spacial score (nSPS) is 15.0. The van der Waals surface area contributed by atoms with Crippen LogP contribution in [0.1, 0.15) is 20.8 Å². The lowest BCUT2D eigenvalue weighted by molar-refractivity contribution is 0.106. The standard InChI is InChI=1S/C8H16O2/c1-5-10-8(3)6-7(2)9-4/h6,8H,5H2,1-4H3. The summed E-state index contributed by atoms with van der Waals surface area (Å²) in [5, 5.41) is 0. The van der Waals surface area contributed by atoms with Crippen LogP contribution in [-0.4, -0.2) is 19.8 Å². The van der Waals surface area contributed by atoms with Gasteiger partial charge in [-0.05, 0) is 26.8 Å². The number of hydrogen-bond donors (Lipinski definition) is 0. The molecule has 0 aromatic heterocycles. The molecule has 0 aromatic carbocycles. The molecule has 1 atom stereocenters. The lowest BCUT2D eigenvalue weighted by atomic mass is 10.3. The molecule has 0 N–H and O–H groups in total. The highest BCUT2D eigenvalue weighted by molar-refractivity contribution is 4.92. The average molecular weight is 144 g/mol. The van der Waals surface area contributed by atoms with Gasteiger partial charge in [-0.1, -0.05) is 0 Å². The zero-order valence-electron chi connectivity index (χ0n) is 7.18. The Kier molecular flexibility index (Phi) is 5.03. The highest BCUT2D eigenvalue weighted by atomic mass is 16.5. The Morgan fingerprint density at radius 2 is 2.20 bits per heavy atom. The van der Waals surface area contributed by atoms with E-state index in [9.17, 15) is 0 Å². The summed E-state index contributed by atoms with van der Waals surface area (Å²) in [5.41, 5.74) is 0. The maximum Gasteiger partial charge on any atom is 0.0910 e. The predicted molar refractivity (Wildman–Crippen MR) is 41.9 cm³/mol. The van der Waals surface area contributed by atoms with Gasteiger partial charge in [-0.25, -0.2) is 0 Å². The van der Waals surface area contributed by atoms with E-state index in [2.05, 4.69) is 0 Å². The molecule has 0 rings (SSSR count). The first-order chi connectivity index (χ1) is 4.70. The summed E-state index contributed by atoms with van der Waals surface area (Å²) in [7, 11) is 1.66. The van der Waals surface area contributed by atoms with Crippen LogP contribution in [-0.2, 0) is 9.47 Å². The minimum Gasteiger partial charge on any atom is -0.502 e. The first-order valence-corrected chi connectivity index (χ1v) is 3.54. The van der Waals surface area contributed by atoms with Crippen molar-refractivity contribution in [3.63, 3.8) is 0 Å². The number of hydrogen-bond acceptors (Lipinski definition) is 2. The van der Waals surface area contributed by atoms with Crippen LogP contribution in [0.15, 0.2) is 11.8 Å². The van der Waals surface area contributed by atoms with Crippen LogP contribution in [0.3, 0.4) is 0 Å². The monoisotopic (exact) mass is 144 g/mol. The van der Waals surface area contributed by atoms with Crippen molar-refractivity contribution in [1.82, 2.24) is 0 Å². The summed E-state index contributed by atoms with van der Waals surface area (Å²) in [6, 6.07) is 0. The van der Waals surface area contributed by atoms with Crippen molar-refractivity contribution in [2.24, 2.45) is 0 Å². The van der Waals surface area contributed by atoms with Crippen molar-refractivity contribution in [2.75, 3.05) is 13.7 Å². The van der Waals surface area contributed by atoms with Gasteiger partial charge in [0.2, 0.25) is 0 Å². The Labute approximate surface area is 62.8 Å². The van der Waals surface area contributed by atoms with Crippen LogP contribution in [0.2, 0.25) is 0 Å². The fourth-order valence-corrected chi connectivity index (χ4v) is 0.710. The van der Waals surface area contributed by atoms with Crippen molar-refractivity contribution in [3.05, 3.63) is 11.8 Å². The fraction of sp³-hybridized carbons (Fsp3) is 0.750. The van der Waals surface area contributed by atoms with E-state index >= 15 is 0 Å². The van der Waals surface area contributed by atoms with Crippen LogP contribution in [0.25, 0.3) is 0 Å². The molecule has 1 unspecified atom stereocenters. The van der Waals surface area contributed by atoms with E-state index in [0.29, 0.717) is 0 Å². The average Bonchev–Trinajstić information content (AvgIpc) is 1.88. The summed E-state index contributed by atoms with van der Waals surface area (Å²) in [5.74, 6) is 0.904. The number of allylic oxidation sites excluding steroid dienone is 1. The number of ether oxygens (including phenoxy) is 2. The molecule has 0 radical (unpaired) electrons. The van der Waals surface area contributed by atoms with Gasteiger partial charge in [0, 0.05) is 6.61 Å². The van der Waals surface area contributed by atoms with Gasteiger partial charge in [0.25, 0.3) is 0 Å². The number of methoxy groups -OCH3 is 1. The Balaban J connectivity index is 3.62. The van der Waals surface area contributed by atoms with Crippen molar-refractivity contribution in [2.45, 2.75) is 26.9 Å². The second kappa shape index (κ2) is 5.30. The SMILES string of the molecule is CCOC(C)C=C(C)OC. The minimum atomic E-state index is 0.157. The Morgan fingerprint density at radius 1 is 1.60 bits per heavy atom. The molecule has 0 saturated heterocycles. The molecular formula is C8H16O2. The largest absolute Gasteiger partial charge is 0.502 e. The molecule has 0 aliphatic carbocycles. The Bertz CT molecular complexity index is 108. The molecule has 2 nitrogen and oxygen atoms in total. The van der Waals surface area contributed by atoms with Gasteiger partial charge in [0.05, 0.1) is 19.0 Å². The molecule has 0 bridgehead atoms. The van der Waals surface area contributed by atoms with Gasteiger partial charge < -0.3 is 9.47 Å². The molecule has 10 heavy (non-hydrogen) atoms. The van der Waals surface area contributed by atoms with Gasteiger partial charge in [-0.3, -0.25) is 0 Å². The smallest absolute Gasteiger partial charge is 0.0910 e. The Morgan fingerprint density at radius 3 is 2.60 bits per heavy atom. The summed E-state index contributed by atoms with van der Waals surface area (Å²) < 4.78 is 10.2. The van der Waals surface area contributed by atoms with E-state index in [-0.39, 0.29) is 6.10 Å². The summed E-state index contributed by atoms with van der Waals surface area (Å²) in [4.78, 5) is 0. The third kappa shape index (κ3) is 4.39. The minimum absolute atomic E-state index is 0.157. The predicted octanol–water partition coefficient (Wildman–Crippen LogP) is 1.96. The molecule has 0 aliphatic heterocycles. The first kappa shape index (κ1) is 9.50. The summed E-state index contributed by atoms with van der Waals surface area (Å²) >= 11 is 0.